The predicted molar refractivity (Wildman–Crippen MR) is 125 cm³/mol. The lowest BCUT2D eigenvalue weighted by atomic mass is 9.64. The van der Waals surface area contributed by atoms with E-state index in [0.29, 0.717) is 6.42 Å². The summed E-state index contributed by atoms with van der Waals surface area (Å²) >= 11 is 3.52. The lowest BCUT2D eigenvalue weighted by Crippen LogP contribution is -2.51. The molecule has 1 saturated heterocycles. The Morgan fingerprint density at radius 1 is 1.33 bits per heavy atom. The van der Waals surface area contributed by atoms with Crippen LogP contribution in [-0.2, 0) is 10.2 Å². The van der Waals surface area contributed by atoms with Gasteiger partial charge in [-0.05, 0) is 37.0 Å². The van der Waals surface area contributed by atoms with E-state index in [9.17, 15) is 4.79 Å². The molecule has 1 amide bonds. The van der Waals surface area contributed by atoms with Crippen LogP contribution in [0.5, 0.6) is 0 Å². The van der Waals surface area contributed by atoms with Crippen LogP contribution in [0.4, 0.5) is 0 Å². The number of aliphatic imine (C=N–C) groups is 1. The minimum absolute atomic E-state index is 0. The Morgan fingerprint density at radius 3 is 2.59 bits per heavy atom. The van der Waals surface area contributed by atoms with Crippen molar-refractivity contribution in [3.63, 3.8) is 0 Å². The number of likely N-dealkylation sites (tertiary alicyclic amines) is 1. The van der Waals surface area contributed by atoms with Crippen molar-refractivity contribution < 1.29 is 4.79 Å². The van der Waals surface area contributed by atoms with E-state index in [1.807, 2.05) is 18.9 Å². The Morgan fingerprint density at radius 2 is 2.04 bits per heavy atom. The molecule has 2 aliphatic rings. The number of halogens is 2. The SMILES string of the molecule is CCC(=O)N1CCC(NC(=NC)NCC2(c3ccc(Br)cc3)CCC2)C1.I. The van der Waals surface area contributed by atoms with Crippen LogP contribution in [0.1, 0.15) is 44.6 Å². The molecule has 1 heterocycles. The molecular formula is C20H30BrIN4O. The van der Waals surface area contributed by atoms with Crippen molar-refractivity contribution in [1.29, 1.82) is 0 Å². The predicted octanol–water partition coefficient (Wildman–Crippen LogP) is 3.66. The molecule has 150 valence electrons. The van der Waals surface area contributed by atoms with Crippen molar-refractivity contribution >= 4 is 51.8 Å². The van der Waals surface area contributed by atoms with Gasteiger partial charge in [0, 0.05) is 49.0 Å². The van der Waals surface area contributed by atoms with Crippen molar-refractivity contribution in [2.45, 2.75) is 50.5 Å². The number of hydrogen-bond acceptors (Lipinski definition) is 2. The van der Waals surface area contributed by atoms with Crippen LogP contribution in [0.2, 0.25) is 0 Å². The van der Waals surface area contributed by atoms with Gasteiger partial charge >= 0.3 is 0 Å². The minimum Gasteiger partial charge on any atom is -0.356 e. The summed E-state index contributed by atoms with van der Waals surface area (Å²) in [5, 5.41) is 7.03. The minimum atomic E-state index is 0. The fraction of sp³-hybridized carbons (Fsp3) is 0.600. The molecule has 1 aliphatic heterocycles. The van der Waals surface area contributed by atoms with E-state index in [4.69, 9.17) is 0 Å². The zero-order valence-corrected chi connectivity index (χ0v) is 20.0. The zero-order valence-electron chi connectivity index (χ0n) is 16.1. The van der Waals surface area contributed by atoms with Crippen LogP contribution in [0.3, 0.4) is 0 Å². The quantitative estimate of drug-likeness (QED) is 0.335. The van der Waals surface area contributed by atoms with Gasteiger partial charge in [-0.2, -0.15) is 0 Å². The van der Waals surface area contributed by atoms with Crippen molar-refractivity contribution in [3.05, 3.63) is 34.3 Å². The molecule has 0 bridgehead atoms. The summed E-state index contributed by atoms with van der Waals surface area (Å²) in [6.45, 7) is 4.41. The van der Waals surface area contributed by atoms with Gasteiger partial charge in [0.1, 0.15) is 0 Å². The number of amides is 1. The molecule has 27 heavy (non-hydrogen) atoms. The first-order valence-electron chi connectivity index (χ1n) is 9.57. The molecule has 0 aromatic heterocycles. The Bertz CT molecular complexity index is 660. The van der Waals surface area contributed by atoms with Gasteiger partial charge in [-0.15, -0.1) is 24.0 Å². The number of carbonyl (C=O) groups excluding carboxylic acids is 1. The van der Waals surface area contributed by atoms with E-state index >= 15 is 0 Å². The molecule has 1 aromatic rings. The normalized spacial score (nSPS) is 21.2. The summed E-state index contributed by atoms with van der Waals surface area (Å²) in [5.74, 6) is 1.07. The number of hydrogen-bond donors (Lipinski definition) is 2. The molecule has 0 radical (unpaired) electrons. The highest BCUT2D eigenvalue weighted by atomic mass is 127. The molecule has 7 heteroatoms. The van der Waals surface area contributed by atoms with Gasteiger partial charge in [-0.1, -0.05) is 41.4 Å². The third-order valence-electron chi connectivity index (χ3n) is 5.77. The standard InChI is InChI=1S/C20H29BrN4O.HI/c1-3-18(26)25-12-9-17(13-25)24-19(22-2)23-14-20(10-4-11-20)15-5-7-16(21)8-6-15;/h5-8,17H,3-4,9-14H2,1-2H3,(H2,22,23,24);1H. The van der Waals surface area contributed by atoms with Gasteiger partial charge in [-0.3, -0.25) is 9.79 Å². The van der Waals surface area contributed by atoms with Crippen LogP contribution in [0.25, 0.3) is 0 Å². The highest BCUT2D eigenvalue weighted by Crippen LogP contribution is 2.43. The summed E-state index contributed by atoms with van der Waals surface area (Å²) in [7, 11) is 1.81. The summed E-state index contributed by atoms with van der Waals surface area (Å²) in [6.07, 6.45) is 5.25. The van der Waals surface area contributed by atoms with Crippen molar-refractivity contribution in [2.75, 3.05) is 26.7 Å². The van der Waals surface area contributed by atoms with Crippen LogP contribution >= 0.6 is 39.9 Å². The summed E-state index contributed by atoms with van der Waals surface area (Å²) < 4.78 is 1.12. The number of benzene rings is 1. The highest BCUT2D eigenvalue weighted by molar-refractivity contribution is 14.0. The molecule has 3 rings (SSSR count). The third-order valence-corrected chi connectivity index (χ3v) is 6.30. The van der Waals surface area contributed by atoms with Gasteiger partial charge < -0.3 is 15.5 Å². The molecule has 1 aliphatic carbocycles. The Balaban J connectivity index is 0.00000261. The molecule has 1 atom stereocenters. The van der Waals surface area contributed by atoms with Gasteiger partial charge in [0.15, 0.2) is 5.96 Å². The molecule has 1 unspecified atom stereocenters. The van der Waals surface area contributed by atoms with Gasteiger partial charge in [0.25, 0.3) is 0 Å². The maximum atomic E-state index is 11.8. The van der Waals surface area contributed by atoms with Crippen LogP contribution in [0.15, 0.2) is 33.7 Å². The third kappa shape index (κ3) is 5.37. The van der Waals surface area contributed by atoms with E-state index < -0.39 is 0 Å². The molecular weight excluding hydrogens is 519 g/mol. The molecule has 5 nitrogen and oxygen atoms in total. The molecule has 0 spiro atoms. The lowest BCUT2D eigenvalue weighted by molar-refractivity contribution is -0.129. The molecule has 2 N–H and O–H groups in total. The Labute approximate surface area is 187 Å². The van der Waals surface area contributed by atoms with Crippen LogP contribution in [-0.4, -0.2) is 49.5 Å². The maximum absolute atomic E-state index is 11.8. The second kappa shape index (κ2) is 10.1. The number of carbonyl (C=O) groups is 1. The smallest absolute Gasteiger partial charge is 0.222 e. The first kappa shape index (κ1) is 22.5. The molecule has 1 saturated carbocycles. The average Bonchev–Trinajstić information content (AvgIpc) is 3.09. The number of guanidine groups is 1. The van der Waals surface area contributed by atoms with E-state index in [1.165, 1.54) is 24.8 Å². The topological polar surface area (TPSA) is 56.7 Å². The van der Waals surface area contributed by atoms with Crippen molar-refractivity contribution in [2.24, 2.45) is 4.99 Å². The largest absolute Gasteiger partial charge is 0.356 e. The fourth-order valence-electron chi connectivity index (χ4n) is 3.94. The van der Waals surface area contributed by atoms with E-state index in [2.05, 4.69) is 55.8 Å². The highest BCUT2D eigenvalue weighted by Gasteiger charge is 2.38. The zero-order chi connectivity index (χ0) is 18.6. The first-order chi connectivity index (χ1) is 12.6. The maximum Gasteiger partial charge on any atom is 0.222 e. The van der Waals surface area contributed by atoms with E-state index in [1.54, 1.807) is 0 Å². The lowest BCUT2D eigenvalue weighted by Gasteiger charge is -2.43. The van der Waals surface area contributed by atoms with Gasteiger partial charge in [0.05, 0.1) is 0 Å². The van der Waals surface area contributed by atoms with Crippen molar-refractivity contribution in [3.8, 4) is 0 Å². The summed E-state index contributed by atoms with van der Waals surface area (Å²) in [5.41, 5.74) is 1.61. The number of nitrogens with one attached hydrogen (secondary N) is 2. The summed E-state index contributed by atoms with van der Waals surface area (Å²) in [6, 6.07) is 8.99. The first-order valence-corrected chi connectivity index (χ1v) is 10.4. The fourth-order valence-corrected chi connectivity index (χ4v) is 4.21. The second-order valence-corrected chi connectivity index (χ2v) is 8.31. The van der Waals surface area contributed by atoms with Crippen molar-refractivity contribution in [1.82, 2.24) is 15.5 Å². The van der Waals surface area contributed by atoms with Gasteiger partial charge in [0.2, 0.25) is 5.91 Å². The van der Waals surface area contributed by atoms with Gasteiger partial charge in [-0.25, -0.2) is 0 Å². The average molecular weight is 549 g/mol. The Hall–Kier alpha value is -0.830. The van der Waals surface area contributed by atoms with E-state index in [-0.39, 0.29) is 41.3 Å². The second-order valence-electron chi connectivity index (χ2n) is 7.39. The van der Waals surface area contributed by atoms with Crippen LogP contribution in [0, 0.1) is 0 Å². The molecule has 1 aromatic carbocycles. The molecule has 2 fully saturated rings. The van der Waals surface area contributed by atoms with E-state index in [0.717, 1.165) is 36.5 Å². The Kier molecular flexibility index (Phi) is 8.39. The number of nitrogens with zero attached hydrogens (tertiary/aromatic N) is 2. The number of rotatable bonds is 5. The monoisotopic (exact) mass is 548 g/mol. The van der Waals surface area contributed by atoms with Crippen LogP contribution < -0.4 is 10.6 Å². The summed E-state index contributed by atoms with van der Waals surface area (Å²) in [4.78, 5) is 18.2.